The Labute approximate surface area is 195 Å². The van der Waals surface area contributed by atoms with Gasteiger partial charge in [-0.3, -0.25) is 19.4 Å². The third-order valence-corrected chi connectivity index (χ3v) is 6.12. The van der Waals surface area contributed by atoms with Gasteiger partial charge in [0.15, 0.2) is 5.65 Å². The third-order valence-electron chi connectivity index (χ3n) is 6.12. The fourth-order valence-corrected chi connectivity index (χ4v) is 4.14. The van der Waals surface area contributed by atoms with Crippen LogP contribution in [0.4, 0.5) is 33.7 Å². The Balaban J connectivity index is 1.47. The number of carbonyl (C=O) groups is 1. The molecule has 0 spiro atoms. The molecule has 0 unspecified atom stereocenters. The SMILES string of the molecule is CN(C(=O)Nc1cc(C(F)(F)F)cn(C)c1=O)[C@H]1CCN(c2cnc3[nH]n(C)c(=O)c3c2)C[C@H]1F. The normalized spacial score (nSPS) is 18.7. The summed E-state index contributed by atoms with van der Waals surface area (Å²) < 4.78 is 56.4. The van der Waals surface area contributed by atoms with E-state index in [-0.39, 0.29) is 18.5 Å². The Morgan fingerprint density at radius 2 is 1.94 bits per heavy atom. The fourth-order valence-electron chi connectivity index (χ4n) is 4.14. The minimum atomic E-state index is -4.71. The lowest BCUT2D eigenvalue weighted by Gasteiger charge is -2.39. The zero-order valence-corrected chi connectivity index (χ0v) is 19.1. The van der Waals surface area contributed by atoms with Crippen LogP contribution >= 0.6 is 0 Å². The van der Waals surface area contributed by atoms with Crippen LogP contribution in [0.25, 0.3) is 11.0 Å². The monoisotopic (exact) mass is 497 g/mol. The molecular weight excluding hydrogens is 474 g/mol. The number of pyridine rings is 2. The summed E-state index contributed by atoms with van der Waals surface area (Å²) in [7, 11) is 4.01. The molecule has 0 radical (unpaired) electrons. The molecule has 10 nitrogen and oxygen atoms in total. The Kier molecular flexibility index (Phi) is 6.07. The Morgan fingerprint density at radius 1 is 1.23 bits per heavy atom. The van der Waals surface area contributed by atoms with Gasteiger partial charge in [-0.25, -0.2) is 14.2 Å². The number of H-pyrrole nitrogens is 1. The van der Waals surface area contributed by atoms with Gasteiger partial charge < -0.3 is 19.7 Å². The molecule has 35 heavy (non-hydrogen) atoms. The highest BCUT2D eigenvalue weighted by Crippen LogP contribution is 2.30. The molecule has 1 saturated heterocycles. The minimum absolute atomic E-state index is 0.0917. The van der Waals surface area contributed by atoms with E-state index in [4.69, 9.17) is 0 Å². The minimum Gasteiger partial charge on any atom is -0.367 e. The number of piperidine rings is 1. The number of halogens is 4. The van der Waals surface area contributed by atoms with Gasteiger partial charge in [0, 0.05) is 33.9 Å². The molecule has 3 aromatic heterocycles. The first-order chi connectivity index (χ1) is 16.4. The van der Waals surface area contributed by atoms with Crippen molar-refractivity contribution in [3.8, 4) is 0 Å². The van der Waals surface area contributed by atoms with Crippen LogP contribution < -0.4 is 21.3 Å². The van der Waals surface area contributed by atoms with E-state index in [0.29, 0.717) is 35.5 Å². The number of hydrogen-bond donors (Lipinski definition) is 2. The number of aromatic amines is 1. The van der Waals surface area contributed by atoms with Gasteiger partial charge >= 0.3 is 12.2 Å². The summed E-state index contributed by atoms with van der Waals surface area (Å²) in [6, 6.07) is 0.394. The maximum atomic E-state index is 15.1. The Morgan fingerprint density at radius 3 is 2.60 bits per heavy atom. The van der Waals surface area contributed by atoms with Crippen molar-refractivity contribution in [3.05, 3.63) is 50.8 Å². The summed E-state index contributed by atoms with van der Waals surface area (Å²) in [5.41, 5.74) is -1.79. The molecule has 2 atom stereocenters. The molecule has 14 heteroatoms. The molecule has 0 saturated carbocycles. The second kappa shape index (κ2) is 8.74. The summed E-state index contributed by atoms with van der Waals surface area (Å²) in [6.45, 7) is 0.248. The van der Waals surface area contributed by atoms with Crippen LogP contribution in [0.3, 0.4) is 0 Å². The smallest absolute Gasteiger partial charge is 0.367 e. The zero-order chi connectivity index (χ0) is 25.7. The molecule has 0 aromatic carbocycles. The van der Waals surface area contributed by atoms with Crippen LogP contribution in [-0.4, -0.2) is 62.6 Å². The van der Waals surface area contributed by atoms with Crippen molar-refractivity contribution in [1.82, 2.24) is 24.2 Å². The van der Waals surface area contributed by atoms with Crippen molar-refractivity contribution in [3.63, 3.8) is 0 Å². The van der Waals surface area contributed by atoms with E-state index < -0.39 is 41.2 Å². The molecule has 0 bridgehead atoms. The summed E-state index contributed by atoms with van der Waals surface area (Å²) in [5.74, 6) is 0. The summed E-state index contributed by atoms with van der Waals surface area (Å²) >= 11 is 0. The maximum Gasteiger partial charge on any atom is 0.417 e. The highest BCUT2D eigenvalue weighted by atomic mass is 19.4. The van der Waals surface area contributed by atoms with Gasteiger partial charge in [0.1, 0.15) is 11.9 Å². The van der Waals surface area contributed by atoms with Gasteiger partial charge in [-0.05, 0) is 18.6 Å². The number of nitrogens with one attached hydrogen (secondary N) is 2. The zero-order valence-electron chi connectivity index (χ0n) is 19.1. The van der Waals surface area contributed by atoms with Gasteiger partial charge in [0.05, 0.1) is 35.4 Å². The predicted octanol–water partition coefficient (Wildman–Crippen LogP) is 2.06. The Hall–Kier alpha value is -3.84. The van der Waals surface area contributed by atoms with Gasteiger partial charge in [0.25, 0.3) is 11.1 Å². The van der Waals surface area contributed by atoms with Gasteiger partial charge in [-0.1, -0.05) is 0 Å². The fraction of sp³-hybridized carbons (Fsp3) is 0.429. The molecule has 4 heterocycles. The molecule has 4 rings (SSSR count). The number of amides is 2. The predicted molar refractivity (Wildman–Crippen MR) is 120 cm³/mol. The van der Waals surface area contributed by atoms with E-state index in [1.165, 1.54) is 17.9 Å². The van der Waals surface area contributed by atoms with Crippen LogP contribution in [0, 0.1) is 0 Å². The number of rotatable bonds is 3. The third kappa shape index (κ3) is 4.59. The average molecular weight is 497 g/mol. The van der Waals surface area contributed by atoms with Crippen LogP contribution in [0.5, 0.6) is 0 Å². The quantitative estimate of drug-likeness (QED) is 0.539. The lowest BCUT2D eigenvalue weighted by atomic mass is 10.0. The molecule has 1 fully saturated rings. The van der Waals surface area contributed by atoms with Crippen molar-refractivity contribution in [2.75, 3.05) is 30.4 Å². The molecule has 2 N–H and O–H groups in total. The second-order valence-corrected chi connectivity index (χ2v) is 8.48. The number of carbonyl (C=O) groups excluding carboxylic acids is 1. The van der Waals surface area contributed by atoms with Crippen LogP contribution in [0.1, 0.15) is 12.0 Å². The van der Waals surface area contributed by atoms with Gasteiger partial charge in [-0.2, -0.15) is 13.2 Å². The van der Waals surface area contributed by atoms with Crippen LogP contribution in [0.2, 0.25) is 0 Å². The largest absolute Gasteiger partial charge is 0.417 e. The molecule has 1 aliphatic heterocycles. The number of fused-ring (bicyclic) bond motifs is 1. The Bertz CT molecular complexity index is 1390. The summed E-state index contributed by atoms with van der Waals surface area (Å²) in [4.78, 5) is 44.0. The first-order valence-corrected chi connectivity index (χ1v) is 10.6. The van der Waals surface area contributed by atoms with Crippen molar-refractivity contribution < 1.29 is 22.4 Å². The first-order valence-electron chi connectivity index (χ1n) is 10.6. The second-order valence-electron chi connectivity index (χ2n) is 8.48. The average Bonchev–Trinajstić information content (AvgIpc) is 3.08. The van der Waals surface area contributed by atoms with E-state index in [1.807, 2.05) is 0 Å². The molecule has 0 aliphatic carbocycles. The van der Waals surface area contributed by atoms with Crippen molar-refractivity contribution in [1.29, 1.82) is 0 Å². The maximum absolute atomic E-state index is 15.1. The summed E-state index contributed by atoms with van der Waals surface area (Å²) in [5, 5.41) is 5.34. The van der Waals surface area contributed by atoms with Gasteiger partial charge in [0.2, 0.25) is 0 Å². The standard InChI is InChI=1S/C21H23F4N7O3/c1-29-9-11(21(23,24)25)6-15(19(29)34)27-20(35)30(2)16-4-5-32(10-14(16)22)12-7-13-17(26-8-12)28-31(3)18(13)33/h6-9,14,16H,4-5,10H2,1-3H3,(H,26,28)(H,27,35)/t14-,16+/m1/s1. The molecule has 3 aromatic rings. The topological polar surface area (TPSA) is 108 Å². The lowest BCUT2D eigenvalue weighted by molar-refractivity contribution is -0.138. The highest BCUT2D eigenvalue weighted by Gasteiger charge is 2.36. The van der Waals surface area contributed by atoms with Crippen molar-refractivity contribution in [2.45, 2.75) is 24.8 Å². The molecule has 2 amide bonds. The van der Waals surface area contributed by atoms with E-state index in [1.54, 1.807) is 18.0 Å². The highest BCUT2D eigenvalue weighted by molar-refractivity contribution is 5.89. The summed E-state index contributed by atoms with van der Waals surface area (Å²) in [6.07, 6.45) is -3.87. The molecule has 1 aliphatic rings. The molecular formula is C21H23F4N7O3. The number of nitrogens with zero attached hydrogens (tertiary/aromatic N) is 5. The molecule has 188 valence electrons. The van der Waals surface area contributed by atoms with Crippen LogP contribution in [0.15, 0.2) is 34.1 Å². The van der Waals surface area contributed by atoms with E-state index in [9.17, 15) is 27.6 Å². The van der Waals surface area contributed by atoms with Crippen LogP contribution in [-0.2, 0) is 20.3 Å². The number of aromatic nitrogens is 4. The van der Waals surface area contributed by atoms with E-state index in [2.05, 4.69) is 15.4 Å². The number of aryl methyl sites for hydroxylation is 2. The van der Waals surface area contributed by atoms with E-state index >= 15 is 4.39 Å². The first kappa shape index (κ1) is 24.3. The number of alkyl halides is 4. The van der Waals surface area contributed by atoms with Crippen molar-refractivity contribution >= 4 is 28.4 Å². The van der Waals surface area contributed by atoms with Gasteiger partial charge in [-0.15, -0.1) is 0 Å². The number of urea groups is 1. The lowest BCUT2D eigenvalue weighted by Crippen LogP contribution is -2.54. The van der Waals surface area contributed by atoms with E-state index in [0.717, 1.165) is 16.5 Å². The van der Waals surface area contributed by atoms with Crippen molar-refractivity contribution in [2.24, 2.45) is 14.1 Å². The number of anilines is 2. The number of hydrogen-bond acceptors (Lipinski definition) is 5.